The van der Waals surface area contributed by atoms with Gasteiger partial charge in [-0.05, 0) is 35.5 Å². The monoisotopic (exact) mass is 196 g/mol. The van der Waals surface area contributed by atoms with Gasteiger partial charge in [-0.1, -0.05) is 20.8 Å². The predicted molar refractivity (Wildman–Crippen MR) is 53.6 cm³/mol. The second-order valence-corrected chi connectivity index (χ2v) is 6.20. The molecule has 5 atom stereocenters. The number of hydrogen-bond acceptors (Lipinski definition) is 2. The third-order valence-corrected chi connectivity index (χ3v) is 5.68. The highest BCUT2D eigenvalue weighted by atomic mass is 16.6. The Labute approximate surface area is 85.6 Å². The Kier molecular flexibility index (Phi) is 1.54. The van der Waals surface area contributed by atoms with E-state index < -0.39 is 6.29 Å². The van der Waals surface area contributed by atoms with Crippen LogP contribution in [0.1, 0.15) is 40.0 Å². The standard InChI is InChI=1S/C12H20O2/c1-11(2)8-4-5-12(11,3)10-7(8)6-9(13)14-10/h7-10,13H,4-6H2,1-3H3/t7-,8+,9-,10-,12-/m0/s1. The summed E-state index contributed by atoms with van der Waals surface area (Å²) < 4.78 is 5.71. The van der Waals surface area contributed by atoms with Gasteiger partial charge in [-0.2, -0.15) is 0 Å². The molecular weight excluding hydrogens is 176 g/mol. The zero-order valence-corrected chi connectivity index (χ0v) is 9.29. The molecule has 3 aliphatic rings. The molecule has 0 radical (unpaired) electrons. The first-order valence-corrected chi connectivity index (χ1v) is 5.80. The van der Waals surface area contributed by atoms with Crippen LogP contribution < -0.4 is 0 Å². The van der Waals surface area contributed by atoms with Crippen LogP contribution in [0.5, 0.6) is 0 Å². The van der Waals surface area contributed by atoms with Crippen molar-refractivity contribution in [2.24, 2.45) is 22.7 Å². The van der Waals surface area contributed by atoms with E-state index in [0.717, 1.165) is 12.3 Å². The first-order valence-electron chi connectivity index (χ1n) is 5.80. The third-order valence-electron chi connectivity index (χ3n) is 5.68. The Morgan fingerprint density at radius 3 is 2.64 bits per heavy atom. The Hall–Kier alpha value is -0.0800. The summed E-state index contributed by atoms with van der Waals surface area (Å²) in [7, 11) is 0. The van der Waals surface area contributed by atoms with Gasteiger partial charge < -0.3 is 9.84 Å². The summed E-state index contributed by atoms with van der Waals surface area (Å²) in [5, 5.41) is 9.56. The molecule has 2 aliphatic carbocycles. The second-order valence-electron chi connectivity index (χ2n) is 6.20. The van der Waals surface area contributed by atoms with Gasteiger partial charge in [0.25, 0.3) is 0 Å². The summed E-state index contributed by atoms with van der Waals surface area (Å²) in [5.74, 6) is 1.40. The molecule has 3 fully saturated rings. The number of rotatable bonds is 0. The van der Waals surface area contributed by atoms with Gasteiger partial charge in [0.1, 0.15) is 0 Å². The van der Waals surface area contributed by atoms with Crippen molar-refractivity contribution in [2.45, 2.75) is 52.4 Å². The Balaban J connectivity index is 2.02. The smallest absolute Gasteiger partial charge is 0.155 e. The van der Waals surface area contributed by atoms with Crippen molar-refractivity contribution in [3.05, 3.63) is 0 Å². The largest absolute Gasteiger partial charge is 0.368 e. The molecule has 2 bridgehead atoms. The lowest BCUT2D eigenvalue weighted by Crippen LogP contribution is -2.37. The minimum absolute atomic E-state index is 0.305. The molecule has 14 heavy (non-hydrogen) atoms. The average molecular weight is 196 g/mol. The third kappa shape index (κ3) is 0.772. The minimum atomic E-state index is -0.485. The van der Waals surface area contributed by atoms with Gasteiger partial charge in [0.15, 0.2) is 6.29 Å². The summed E-state index contributed by atoms with van der Waals surface area (Å²) in [5.41, 5.74) is 0.711. The molecule has 2 nitrogen and oxygen atoms in total. The van der Waals surface area contributed by atoms with Crippen LogP contribution in [-0.2, 0) is 4.74 Å². The van der Waals surface area contributed by atoms with E-state index in [-0.39, 0.29) is 0 Å². The summed E-state index contributed by atoms with van der Waals surface area (Å²) in [6.45, 7) is 7.13. The summed E-state index contributed by atoms with van der Waals surface area (Å²) in [4.78, 5) is 0. The molecule has 0 amide bonds. The highest BCUT2D eigenvalue weighted by molar-refractivity contribution is 5.16. The van der Waals surface area contributed by atoms with Crippen LogP contribution in [0.15, 0.2) is 0 Å². The van der Waals surface area contributed by atoms with Crippen LogP contribution >= 0.6 is 0 Å². The van der Waals surface area contributed by atoms with Crippen LogP contribution in [0.2, 0.25) is 0 Å². The molecule has 0 aromatic rings. The fourth-order valence-electron chi connectivity index (χ4n) is 4.50. The van der Waals surface area contributed by atoms with Gasteiger partial charge in [-0.3, -0.25) is 0 Å². The van der Waals surface area contributed by atoms with E-state index in [2.05, 4.69) is 20.8 Å². The molecule has 1 saturated heterocycles. The highest BCUT2D eigenvalue weighted by Gasteiger charge is 2.68. The Morgan fingerprint density at radius 2 is 2.00 bits per heavy atom. The van der Waals surface area contributed by atoms with Gasteiger partial charge in [-0.25, -0.2) is 0 Å². The van der Waals surface area contributed by atoms with Crippen LogP contribution in [0.25, 0.3) is 0 Å². The van der Waals surface area contributed by atoms with Crippen molar-refractivity contribution in [2.75, 3.05) is 0 Å². The van der Waals surface area contributed by atoms with Gasteiger partial charge in [-0.15, -0.1) is 0 Å². The number of aliphatic hydroxyl groups excluding tert-OH is 1. The van der Waals surface area contributed by atoms with Gasteiger partial charge >= 0.3 is 0 Å². The first-order chi connectivity index (χ1) is 6.47. The lowest BCUT2D eigenvalue weighted by molar-refractivity contribution is -0.134. The zero-order chi connectivity index (χ0) is 10.1. The molecular formula is C12H20O2. The summed E-state index contributed by atoms with van der Waals surface area (Å²) in [6, 6.07) is 0. The predicted octanol–water partition coefficient (Wildman–Crippen LogP) is 2.17. The molecule has 0 aromatic carbocycles. The number of aliphatic hydroxyl groups is 1. The normalized spacial score (nSPS) is 59.1. The van der Waals surface area contributed by atoms with E-state index >= 15 is 0 Å². The first kappa shape index (κ1) is 9.17. The van der Waals surface area contributed by atoms with Crippen molar-refractivity contribution in [1.82, 2.24) is 0 Å². The molecule has 0 aromatic heterocycles. The number of fused-ring (bicyclic) bond motifs is 5. The second kappa shape index (κ2) is 2.35. The fraction of sp³-hybridized carbons (Fsp3) is 1.00. The van der Waals surface area contributed by atoms with E-state index in [1.54, 1.807) is 0 Å². The van der Waals surface area contributed by atoms with E-state index in [4.69, 9.17) is 4.74 Å². The maximum Gasteiger partial charge on any atom is 0.155 e. The SMILES string of the molecule is CC1(C)[C@@H]2CC[C@@]1(C)[C@H]1O[C@H](O)C[C@@H]21. The van der Waals surface area contributed by atoms with Crippen molar-refractivity contribution in [3.8, 4) is 0 Å². The van der Waals surface area contributed by atoms with E-state index in [9.17, 15) is 5.11 Å². The molecule has 2 heteroatoms. The maximum atomic E-state index is 9.56. The quantitative estimate of drug-likeness (QED) is 0.643. The highest BCUT2D eigenvalue weighted by Crippen LogP contribution is 2.70. The molecule has 0 unspecified atom stereocenters. The van der Waals surface area contributed by atoms with Crippen LogP contribution in [0.4, 0.5) is 0 Å². The number of ether oxygens (including phenoxy) is 1. The van der Waals surface area contributed by atoms with Crippen molar-refractivity contribution < 1.29 is 9.84 Å². The molecule has 1 aliphatic heterocycles. The molecule has 2 saturated carbocycles. The van der Waals surface area contributed by atoms with Crippen LogP contribution in [-0.4, -0.2) is 17.5 Å². The Bertz CT molecular complexity index is 273. The lowest BCUT2D eigenvalue weighted by Gasteiger charge is -2.38. The van der Waals surface area contributed by atoms with E-state index in [1.165, 1.54) is 12.8 Å². The summed E-state index contributed by atoms with van der Waals surface area (Å²) in [6.07, 6.45) is 3.32. The van der Waals surface area contributed by atoms with E-state index in [0.29, 0.717) is 22.9 Å². The average Bonchev–Trinajstić information content (AvgIpc) is 2.59. The van der Waals surface area contributed by atoms with Crippen molar-refractivity contribution >= 4 is 0 Å². The van der Waals surface area contributed by atoms with E-state index in [1.807, 2.05) is 0 Å². The topological polar surface area (TPSA) is 29.5 Å². The molecule has 1 heterocycles. The molecule has 0 spiro atoms. The van der Waals surface area contributed by atoms with Gasteiger partial charge in [0, 0.05) is 6.42 Å². The fourth-order valence-corrected chi connectivity index (χ4v) is 4.50. The zero-order valence-electron chi connectivity index (χ0n) is 9.29. The van der Waals surface area contributed by atoms with Crippen LogP contribution in [0, 0.1) is 22.7 Å². The maximum absolute atomic E-state index is 9.56. The number of hydrogen-bond donors (Lipinski definition) is 1. The molecule has 3 rings (SSSR count). The molecule has 1 N–H and O–H groups in total. The van der Waals surface area contributed by atoms with Crippen molar-refractivity contribution in [1.29, 1.82) is 0 Å². The summed E-state index contributed by atoms with van der Waals surface area (Å²) >= 11 is 0. The minimum Gasteiger partial charge on any atom is -0.368 e. The molecule has 80 valence electrons. The van der Waals surface area contributed by atoms with Gasteiger partial charge in [0.05, 0.1) is 6.10 Å². The Morgan fingerprint density at radius 1 is 1.29 bits per heavy atom. The van der Waals surface area contributed by atoms with Crippen LogP contribution in [0.3, 0.4) is 0 Å². The van der Waals surface area contributed by atoms with Crippen molar-refractivity contribution in [3.63, 3.8) is 0 Å². The van der Waals surface area contributed by atoms with Gasteiger partial charge in [0.2, 0.25) is 0 Å². The lowest BCUT2D eigenvalue weighted by atomic mass is 9.70.